The number of fused-ring (bicyclic) bond motifs is 1. The molecule has 6 heteroatoms. The number of aromatic amines is 1. The Kier molecular flexibility index (Phi) is 3.41. The summed E-state index contributed by atoms with van der Waals surface area (Å²) in [6.45, 7) is 7.58. The normalized spacial score (nSPS) is 11.1. The average Bonchev–Trinajstić information content (AvgIpc) is 2.74. The van der Waals surface area contributed by atoms with Crippen molar-refractivity contribution in [1.82, 2.24) is 20.2 Å². The molecule has 6 nitrogen and oxygen atoms in total. The van der Waals surface area contributed by atoms with Crippen LogP contribution in [0.15, 0.2) is 6.20 Å². The third-order valence-electron chi connectivity index (χ3n) is 2.16. The largest absolute Gasteiger partial charge is 0.477 e. The maximum atomic E-state index is 5.67. The summed E-state index contributed by atoms with van der Waals surface area (Å²) in [6.07, 6.45) is 1.68. The van der Waals surface area contributed by atoms with Gasteiger partial charge in [0, 0.05) is 6.54 Å². The van der Waals surface area contributed by atoms with Gasteiger partial charge in [-0.05, 0) is 12.8 Å². The van der Waals surface area contributed by atoms with Gasteiger partial charge in [-0.25, -0.2) is 0 Å². The summed E-state index contributed by atoms with van der Waals surface area (Å²) < 4.78 is 5.67. The van der Waals surface area contributed by atoms with Crippen LogP contribution in [0.2, 0.25) is 0 Å². The van der Waals surface area contributed by atoms with Crippen LogP contribution in [0.25, 0.3) is 11.0 Å². The van der Waals surface area contributed by atoms with Crippen LogP contribution in [0.5, 0.6) is 5.88 Å². The van der Waals surface area contributed by atoms with Gasteiger partial charge in [0.2, 0.25) is 11.8 Å². The standard InChI is InChI=1S/C11H17N5O/c1-4-12-11-14-9-8(5-13-16-9)10(15-11)17-6-7(2)3/h5,7H,4,6H2,1-3H3,(H2,12,13,14,15,16). The van der Waals surface area contributed by atoms with E-state index in [4.69, 9.17) is 4.74 Å². The Hall–Kier alpha value is -1.85. The van der Waals surface area contributed by atoms with Crippen LogP contribution in [0.1, 0.15) is 20.8 Å². The number of H-pyrrole nitrogens is 1. The van der Waals surface area contributed by atoms with Gasteiger partial charge in [0.25, 0.3) is 0 Å². The molecule has 2 rings (SSSR count). The lowest BCUT2D eigenvalue weighted by atomic mass is 10.2. The molecule has 2 heterocycles. The van der Waals surface area contributed by atoms with E-state index in [1.54, 1.807) is 6.20 Å². The Bertz CT molecular complexity index is 494. The second kappa shape index (κ2) is 4.99. The molecule has 0 saturated carbocycles. The summed E-state index contributed by atoms with van der Waals surface area (Å²) in [6, 6.07) is 0. The van der Waals surface area contributed by atoms with Crippen LogP contribution < -0.4 is 10.1 Å². The van der Waals surface area contributed by atoms with E-state index in [1.807, 2.05) is 6.92 Å². The topological polar surface area (TPSA) is 75.7 Å². The van der Waals surface area contributed by atoms with E-state index in [0.29, 0.717) is 30.0 Å². The van der Waals surface area contributed by atoms with Crippen molar-refractivity contribution in [3.63, 3.8) is 0 Å². The molecule has 92 valence electrons. The molecule has 2 aromatic heterocycles. The molecule has 0 bridgehead atoms. The van der Waals surface area contributed by atoms with Gasteiger partial charge in [0.15, 0.2) is 5.65 Å². The van der Waals surface area contributed by atoms with Crippen LogP contribution in [0.3, 0.4) is 0 Å². The fourth-order valence-electron chi connectivity index (χ4n) is 1.40. The summed E-state index contributed by atoms with van der Waals surface area (Å²) in [5.74, 6) is 1.59. The fourth-order valence-corrected chi connectivity index (χ4v) is 1.40. The first-order chi connectivity index (χ1) is 8.20. The quantitative estimate of drug-likeness (QED) is 0.826. The number of anilines is 1. The minimum atomic E-state index is 0.453. The predicted octanol–water partition coefficient (Wildman–Crippen LogP) is 1.82. The zero-order chi connectivity index (χ0) is 12.3. The molecule has 0 aliphatic heterocycles. The summed E-state index contributed by atoms with van der Waals surface area (Å²) in [7, 11) is 0. The van der Waals surface area contributed by atoms with Crippen molar-refractivity contribution in [2.24, 2.45) is 5.92 Å². The predicted molar refractivity (Wildman–Crippen MR) is 66.2 cm³/mol. The highest BCUT2D eigenvalue weighted by atomic mass is 16.5. The van der Waals surface area contributed by atoms with Crippen molar-refractivity contribution < 1.29 is 4.74 Å². The molecule has 2 N–H and O–H groups in total. The molecule has 0 fully saturated rings. The van der Waals surface area contributed by atoms with E-state index in [-0.39, 0.29) is 0 Å². The van der Waals surface area contributed by atoms with Crippen LogP contribution in [0.4, 0.5) is 5.95 Å². The molecular formula is C11H17N5O. The smallest absolute Gasteiger partial charge is 0.229 e. The van der Waals surface area contributed by atoms with Gasteiger partial charge in [-0.2, -0.15) is 15.1 Å². The molecule has 0 aliphatic rings. The molecule has 0 amide bonds. The molecule has 0 radical (unpaired) electrons. The van der Waals surface area contributed by atoms with E-state index in [2.05, 4.69) is 39.3 Å². The van der Waals surface area contributed by atoms with Gasteiger partial charge in [-0.1, -0.05) is 13.8 Å². The number of nitrogens with zero attached hydrogens (tertiary/aromatic N) is 3. The summed E-state index contributed by atoms with van der Waals surface area (Å²) in [5, 5.41) is 10.7. The average molecular weight is 235 g/mol. The van der Waals surface area contributed by atoms with E-state index >= 15 is 0 Å². The third kappa shape index (κ3) is 2.64. The zero-order valence-electron chi connectivity index (χ0n) is 10.3. The maximum Gasteiger partial charge on any atom is 0.229 e. The second-order valence-corrected chi connectivity index (χ2v) is 4.22. The molecule has 2 aromatic rings. The molecule has 0 aromatic carbocycles. The van der Waals surface area contributed by atoms with Crippen molar-refractivity contribution in [3.8, 4) is 5.88 Å². The zero-order valence-corrected chi connectivity index (χ0v) is 10.3. The molecular weight excluding hydrogens is 218 g/mol. The first-order valence-corrected chi connectivity index (χ1v) is 5.78. The number of hydrogen-bond acceptors (Lipinski definition) is 5. The first kappa shape index (κ1) is 11.6. The Morgan fingerprint density at radius 2 is 2.24 bits per heavy atom. The molecule has 0 saturated heterocycles. The highest BCUT2D eigenvalue weighted by Crippen LogP contribution is 2.22. The van der Waals surface area contributed by atoms with E-state index in [1.165, 1.54) is 0 Å². The van der Waals surface area contributed by atoms with Crippen molar-refractivity contribution >= 4 is 17.0 Å². The van der Waals surface area contributed by atoms with Crippen molar-refractivity contribution in [2.45, 2.75) is 20.8 Å². The van der Waals surface area contributed by atoms with Gasteiger partial charge in [0.05, 0.1) is 12.8 Å². The lowest BCUT2D eigenvalue weighted by Gasteiger charge is -2.09. The lowest BCUT2D eigenvalue weighted by molar-refractivity contribution is 0.265. The highest BCUT2D eigenvalue weighted by Gasteiger charge is 2.10. The van der Waals surface area contributed by atoms with Gasteiger partial charge in [-0.3, -0.25) is 5.10 Å². The summed E-state index contributed by atoms with van der Waals surface area (Å²) >= 11 is 0. The van der Waals surface area contributed by atoms with E-state index < -0.39 is 0 Å². The van der Waals surface area contributed by atoms with Crippen molar-refractivity contribution in [2.75, 3.05) is 18.5 Å². The molecule has 0 atom stereocenters. The Morgan fingerprint density at radius 3 is 2.94 bits per heavy atom. The SMILES string of the molecule is CCNc1nc(OCC(C)C)c2cn[nH]c2n1. The van der Waals surface area contributed by atoms with Gasteiger partial charge in [-0.15, -0.1) is 0 Å². The Balaban J connectivity index is 2.32. The fraction of sp³-hybridized carbons (Fsp3) is 0.545. The Labute approximate surface area is 99.8 Å². The number of rotatable bonds is 5. The van der Waals surface area contributed by atoms with Crippen molar-refractivity contribution in [1.29, 1.82) is 0 Å². The van der Waals surface area contributed by atoms with Gasteiger partial charge >= 0.3 is 0 Å². The van der Waals surface area contributed by atoms with Crippen LogP contribution in [-0.4, -0.2) is 33.3 Å². The van der Waals surface area contributed by atoms with E-state index in [9.17, 15) is 0 Å². The maximum absolute atomic E-state index is 5.67. The Morgan fingerprint density at radius 1 is 1.41 bits per heavy atom. The molecule has 0 spiro atoms. The number of ether oxygens (including phenoxy) is 1. The van der Waals surface area contributed by atoms with Crippen LogP contribution in [0, 0.1) is 5.92 Å². The highest BCUT2D eigenvalue weighted by molar-refractivity contribution is 5.80. The summed E-state index contributed by atoms with van der Waals surface area (Å²) in [5.41, 5.74) is 0.690. The second-order valence-electron chi connectivity index (χ2n) is 4.22. The van der Waals surface area contributed by atoms with Crippen LogP contribution >= 0.6 is 0 Å². The minimum Gasteiger partial charge on any atom is -0.477 e. The van der Waals surface area contributed by atoms with E-state index in [0.717, 1.165) is 11.9 Å². The third-order valence-corrected chi connectivity index (χ3v) is 2.16. The number of nitrogens with one attached hydrogen (secondary N) is 2. The molecule has 0 unspecified atom stereocenters. The van der Waals surface area contributed by atoms with Gasteiger partial charge < -0.3 is 10.1 Å². The summed E-state index contributed by atoms with van der Waals surface area (Å²) in [4.78, 5) is 8.62. The number of aromatic nitrogens is 4. The van der Waals surface area contributed by atoms with Crippen LogP contribution in [-0.2, 0) is 0 Å². The lowest BCUT2D eigenvalue weighted by Crippen LogP contribution is -2.08. The first-order valence-electron chi connectivity index (χ1n) is 5.78. The van der Waals surface area contributed by atoms with Gasteiger partial charge in [0.1, 0.15) is 5.39 Å². The monoisotopic (exact) mass is 235 g/mol. The molecule has 0 aliphatic carbocycles. The van der Waals surface area contributed by atoms with Crippen molar-refractivity contribution in [3.05, 3.63) is 6.20 Å². The number of hydrogen-bond donors (Lipinski definition) is 2. The molecule has 17 heavy (non-hydrogen) atoms. The minimum absolute atomic E-state index is 0.453.